The molecule has 0 unspecified atom stereocenters. The molecular weight excluding hydrogens is 368 g/mol. The predicted molar refractivity (Wildman–Crippen MR) is 109 cm³/mol. The first-order chi connectivity index (χ1) is 14.2. The maximum Gasteiger partial charge on any atom is 0.262 e. The largest absolute Gasteiger partial charge is 0.492 e. The predicted octanol–water partition coefficient (Wildman–Crippen LogP) is 4.60. The Morgan fingerprint density at radius 1 is 1.17 bits per heavy atom. The first kappa shape index (κ1) is 18.9. The van der Waals surface area contributed by atoms with Crippen LogP contribution in [-0.2, 0) is 17.6 Å². The summed E-state index contributed by atoms with van der Waals surface area (Å²) in [6.45, 7) is 2.17. The van der Waals surface area contributed by atoms with Gasteiger partial charge in [-0.25, -0.2) is 0 Å². The van der Waals surface area contributed by atoms with Crippen molar-refractivity contribution >= 4 is 22.6 Å². The summed E-state index contributed by atoms with van der Waals surface area (Å²) < 4.78 is 17.2. The van der Waals surface area contributed by atoms with Crippen molar-refractivity contribution in [3.8, 4) is 17.6 Å². The number of hydrogen-bond donors (Lipinski definition) is 1. The zero-order valence-electron chi connectivity index (χ0n) is 16.3. The standard InChI is InChI=1S/C23H22N2O4/c1-2-27-22-9-7-15(13-24)11-19(22)25-23(26)14-28-16-8-10-21-18(12-16)17-5-3-4-6-20(17)29-21/h7-12H,2-6,14H2,1H3,(H,25,26). The molecule has 1 amide bonds. The van der Waals surface area contributed by atoms with Gasteiger partial charge in [0.25, 0.3) is 5.91 Å². The van der Waals surface area contributed by atoms with Crippen LogP contribution in [0.4, 0.5) is 5.69 Å². The van der Waals surface area contributed by atoms with Gasteiger partial charge in [0.05, 0.1) is 23.9 Å². The highest BCUT2D eigenvalue weighted by atomic mass is 16.5. The first-order valence-electron chi connectivity index (χ1n) is 9.82. The molecule has 6 nitrogen and oxygen atoms in total. The van der Waals surface area contributed by atoms with Gasteiger partial charge in [-0.05, 0) is 62.6 Å². The Kier molecular flexibility index (Phi) is 5.39. The van der Waals surface area contributed by atoms with E-state index in [1.54, 1.807) is 18.2 Å². The Morgan fingerprint density at radius 2 is 2.03 bits per heavy atom. The van der Waals surface area contributed by atoms with E-state index in [0.29, 0.717) is 29.4 Å². The molecule has 0 radical (unpaired) electrons. The number of furan rings is 1. The summed E-state index contributed by atoms with van der Waals surface area (Å²) in [4.78, 5) is 12.4. The van der Waals surface area contributed by atoms with Gasteiger partial charge >= 0.3 is 0 Å². The Labute approximate surface area is 169 Å². The number of carbonyl (C=O) groups is 1. The van der Waals surface area contributed by atoms with Gasteiger partial charge in [-0.1, -0.05) is 0 Å². The van der Waals surface area contributed by atoms with Crippen molar-refractivity contribution in [2.24, 2.45) is 0 Å². The van der Waals surface area contributed by atoms with Crippen molar-refractivity contribution in [1.29, 1.82) is 5.26 Å². The summed E-state index contributed by atoms with van der Waals surface area (Å²) in [6, 6.07) is 12.6. The van der Waals surface area contributed by atoms with Crippen molar-refractivity contribution in [2.45, 2.75) is 32.6 Å². The molecule has 148 valence electrons. The van der Waals surface area contributed by atoms with Gasteiger partial charge in [0, 0.05) is 17.4 Å². The van der Waals surface area contributed by atoms with Crippen LogP contribution in [0.25, 0.3) is 11.0 Å². The molecule has 0 saturated heterocycles. The fraction of sp³-hybridized carbons (Fsp3) is 0.304. The van der Waals surface area contributed by atoms with E-state index < -0.39 is 0 Å². The molecule has 1 aromatic heterocycles. The second kappa shape index (κ2) is 8.27. The average Bonchev–Trinajstić information content (AvgIpc) is 3.11. The van der Waals surface area contributed by atoms with E-state index in [4.69, 9.17) is 19.2 Å². The number of nitrogens with zero attached hydrogens (tertiary/aromatic N) is 1. The third kappa shape index (κ3) is 4.04. The number of fused-ring (bicyclic) bond motifs is 3. The van der Waals surface area contributed by atoms with Crippen LogP contribution < -0.4 is 14.8 Å². The lowest BCUT2D eigenvalue weighted by atomic mass is 9.96. The van der Waals surface area contributed by atoms with Gasteiger partial charge in [-0.3, -0.25) is 4.79 Å². The lowest BCUT2D eigenvalue weighted by Crippen LogP contribution is -2.20. The van der Waals surface area contributed by atoms with Crippen LogP contribution in [0.3, 0.4) is 0 Å². The molecule has 0 fully saturated rings. The molecule has 1 aliphatic carbocycles. The molecule has 0 bridgehead atoms. The number of amides is 1. The summed E-state index contributed by atoms with van der Waals surface area (Å²) >= 11 is 0. The molecule has 0 saturated carbocycles. The van der Waals surface area contributed by atoms with Crippen molar-refractivity contribution in [3.05, 3.63) is 53.3 Å². The first-order valence-corrected chi connectivity index (χ1v) is 9.82. The maximum absolute atomic E-state index is 12.4. The molecule has 4 rings (SSSR count). The van der Waals surface area contributed by atoms with E-state index in [1.807, 2.05) is 25.1 Å². The van der Waals surface area contributed by atoms with Crippen molar-refractivity contribution in [1.82, 2.24) is 0 Å². The van der Waals surface area contributed by atoms with Crippen LogP contribution in [0, 0.1) is 11.3 Å². The van der Waals surface area contributed by atoms with E-state index in [9.17, 15) is 4.79 Å². The second-order valence-electron chi connectivity index (χ2n) is 6.96. The Hall–Kier alpha value is -3.46. The number of hydrogen-bond acceptors (Lipinski definition) is 5. The number of aryl methyl sites for hydroxylation is 2. The minimum atomic E-state index is -0.324. The normalized spacial score (nSPS) is 12.8. The highest BCUT2D eigenvalue weighted by Crippen LogP contribution is 2.34. The van der Waals surface area contributed by atoms with E-state index in [1.165, 1.54) is 12.0 Å². The molecule has 6 heteroatoms. The molecule has 1 aliphatic rings. The van der Waals surface area contributed by atoms with Crippen molar-refractivity contribution < 1.29 is 18.7 Å². The summed E-state index contributed by atoms with van der Waals surface area (Å²) in [6.07, 6.45) is 4.32. The molecule has 29 heavy (non-hydrogen) atoms. The van der Waals surface area contributed by atoms with E-state index in [-0.39, 0.29) is 12.5 Å². The molecule has 3 aromatic rings. The Balaban J connectivity index is 1.45. The Morgan fingerprint density at radius 3 is 2.86 bits per heavy atom. The van der Waals surface area contributed by atoms with Crippen LogP contribution in [0.1, 0.15) is 36.7 Å². The monoisotopic (exact) mass is 390 g/mol. The van der Waals surface area contributed by atoms with E-state index in [0.717, 1.165) is 36.0 Å². The van der Waals surface area contributed by atoms with Gasteiger partial charge in [-0.15, -0.1) is 0 Å². The second-order valence-corrected chi connectivity index (χ2v) is 6.96. The highest BCUT2D eigenvalue weighted by molar-refractivity contribution is 5.93. The van der Waals surface area contributed by atoms with Gasteiger partial charge in [0.1, 0.15) is 22.8 Å². The zero-order chi connectivity index (χ0) is 20.2. The zero-order valence-corrected chi connectivity index (χ0v) is 16.3. The molecular formula is C23H22N2O4. The van der Waals surface area contributed by atoms with Crippen LogP contribution in [-0.4, -0.2) is 19.1 Å². The minimum Gasteiger partial charge on any atom is -0.492 e. The Bertz CT molecular complexity index is 1090. The number of nitriles is 1. The lowest BCUT2D eigenvalue weighted by molar-refractivity contribution is -0.118. The number of rotatable bonds is 6. The number of benzene rings is 2. The van der Waals surface area contributed by atoms with Crippen molar-refractivity contribution in [3.63, 3.8) is 0 Å². The molecule has 1 N–H and O–H groups in total. The minimum absolute atomic E-state index is 0.145. The van der Waals surface area contributed by atoms with E-state index >= 15 is 0 Å². The molecule has 0 spiro atoms. The highest BCUT2D eigenvalue weighted by Gasteiger charge is 2.18. The summed E-state index contributed by atoms with van der Waals surface area (Å²) in [5, 5.41) is 12.9. The van der Waals surface area contributed by atoms with Crippen LogP contribution >= 0.6 is 0 Å². The summed E-state index contributed by atoms with van der Waals surface area (Å²) in [5.41, 5.74) is 3.03. The number of nitrogens with one attached hydrogen (secondary N) is 1. The third-order valence-electron chi connectivity index (χ3n) is 4.98. The van der Waals surface area contributed by atoms with Crippen LogP contribution in [0.5, 0.6) is 11.5 Å². The molecule has 0 atom stereocenters. The molecule has 0 aliphatic heterocycles. The quantitative estimate of drug-likeness (QED) is 0.665. The van der Waals surface area contributed by atoms with Gasteiger partial charge in [0.2, 0.25) is 0 Å². The fourth-order valence-electron chi connectivity index (χ4n) is 3.65. The lowest BCUT2D eigenvalue weighted by Gasteiger charge is -2.12. The summed E-state index contributed by atoms with van der Waals surface area (Å²) in [5.74, 6) is 1.89. The number of carbonyl (C=O) groups excluding carboxylic acids is 1. The maximum atomic E-state index is 12.4. The topological polar surface area (TPSA) is 84.5 Å². The molecule has 1 heterocycles. The van der Waals surface area contributed by atoms with Crippen molar-refractivity contribution in [2.75, 3.05) is 18.5 Å². The van der Waals surface area contributed by atoms with Gasteiger partial charge < -0.3 is 19.2 Å². The fourth-order valence-corrected chi connectivity index (χ4v) is 3.65. The van der Waals surface area contributed by atoms with Gasteiger partial charge in [0.15, 0.2) is 6.61 Å². The van der Waals surface area contributed by atoms with Crippen LogP contribution in [0.15, 0.2) is 40.8 Å². The number of anilines is 1. The van der Waals surface area contributed by atoms with E-state index in [2.05, 4.69) is 11.4 Å². The molecule has 2 aromatic carbocycles. The summed E-state index contributed by atoms with van der Waals surface area (Å²) in [7, 11) is 0. The van der Waals surface area contributed by atoms with Crippen LogP contribution in [0.2, 0.25) is 0 Å². The SMILES string of the molecule is CCOc1ccc(C#N)cc1NC(=O)COc1ccc2oc3c(c2c1)CCCC3. The van der Waals surface area contributed by atoms with Gasteiger partial charge in [-0.2, -0.15) is 5.26 Å². The smallest absolute Gasteiger partial charge is 0.262 e. The third-order valence-corrected chi connectivity index (χ3v) is 4.98. The average molecular weight is 390 g/mol. The number of ether oxygens (including phenoxy) is 2.